The predicted octanol–water partition coefficient (Wildman–Crippen LogP) is 2.61. The number of aryl methyl sites for hydroxylation is 1. The van der Waals surface area contributed by atoms with Crippen molar-refractivity contribution >= 4 is 23.3 Å². The SMILES string of the molecule is Cc1c2c(nc3ccccc13)CCNC2.Cl. The molecule has 0 radical (unpaired) electrons. The summed E-state index contributed by atoms with van der Waals surface area (Å²) in [5.74, 6) is 0. The van der Waals surface area contributed by atoms with Crippen molar-refractivity contribution in [3.8, 4) is 0 Å². The second-order valence-corrected chi connectivity index (χ2v) is 4.11. The quantitative estimate of drug-likeness (QED) is 0.758. The number of pyridine rings is 1. The minimum absolute atomic E-state index is 0. The van der Waals surface area contributed by atoms with Gasteiger partial charge < -0.3 is 5.32 Å². The Morgan fingerprint density at radius 2 is 2.06 bits per heavy atom. The molecular formula is C13H15ClN2. The van der Waals surface area contributed by atoms with E-state index in [2.05, 4.69) is 36.5 Å². The zero-order chi connectivity index (χ0) is 10.3. The molecule has 16 heavy (non-hydrogen) atoms. The predicted molar refractivity (Wildman–Crippen MR) is 69.1 cm³/mol. The van der Waals surface area contributed by atoms with Gasteiger partial charge in [0.25, 0.3) is 0 Å². The number of benzene rings is 1. The van der Waals surface area contributed by atoms with Gasteiger partial charge in [0.2, 0.25) is 0 Å². The third kappa shape index (κ3) is 1.68. The third-order valence-corrected chi connectivity index (χ3v) is 3.20. The summed E-state index contributed by atoms with van der Waals surface area (Å²) in [4.78, 5) is 4.74. The van der Waals surface area contributed by atoms with Gasteiger partial charge >= 0.3 is 0 Å². The minimum atomic E-state index is 0. The van der Waals surface area contributed by atoms with Crippen LogP contribution in [0, 0.1) is 6.92 Å². The van der Waals surface area contributed by atoms with E-state index in [9.17, 15) is 0 Å². The molecule has 1 aliphatic heterocycles. The minimum Gasteiger partial charge on any atom is -0.312 e. The van der Waals surface area contributed by atoms with Crippen molar-refractivity contribution in [2.24, 2.45) is 0 Å². The van der Waals surface area contributed by atoms with Crippen molar-refractivity contribution in [1.82, 2.24) is 10.3 Å². The Kier molecular flexibility index (Phi) is 3.13. The van der Waals surface area contributed by atoms with Gasteiger partial charge in [-0.1, -0.05) is 18.2 Å². The molecule has 0 fully saturated rings. The molecule has 0 bridgehead atoms. The van der Waals surface area contributed by atoms with E-state index in [-0.39, 0.29) is 12.4 Å². The van der Waals surface area contributed by atoms with E-state index in [1.807, 2.05) is 0 Å². The lowest BCUT2D eigenvalue weighted by Gasteiger charge is -2.19. The first-order valence-electron chi connectivity index (χ1n) is 5.44. The van der Waals surface area contributed by atoms with Gasteiger partial charge in [-0.05, 0) is 24.1 Å². The van der Waals surface area contributed by atoms with Crippen molar-refractivity contribution in [2.75, 3.05) is 6.54 Å². The fraction of sp³-hybridized carbons (Fsp3) is 0.308. The first kappa shape index (κ1) is 11.4. The van der Waals surface area contributed by atoms with Gasteiger partial charge in [-0.2, -0.15) is 0 Å². The molecule has 0 unspecified atom stereocenters. The number of nitrogens with zero attached hydrogens (tertiary/aromatic N) is 1. The number of fused-ring (bicyclic) bond motifs is 2. The van der Waals surface area contributed by atoms with Gasteiger partial charge in [-0.25, -0.2) is 0 Å². The smallest absolute Gasteiger partial charge is 0.0708 e. The number of halogens is 1. The van der Waals surface area contributed by atoms with Gasteiger partial charge in [0.15, 0.2) is 0 Å². The molecule has 84 valence electrons. The molecule has 1 aromatic heterocycles. The standard InChI is InChI=1S/C13H14N2.ClH/c1-9-10-4-2-3-5-12(10)15-13-6-7-14-8-11(9)13;/h2-5,14H,6-8H2,1H3;1H. The zero-order valence-electron chi connectivity index (χ0n) is 9.29. The lowest BCUT2D eigenvalue weighted by molar-refractivity contribution is 0.630. The number of para-hydroxylation sites is 1. The van der Waals surface area contributed by atoms with E-state index < -0.39 is 0 Å². The number of nitrogens with one attached hydrogen (secondary N) is 1. The van der Waals surface area contributed by atoms with E-state index in [0.717, 1.165) is 25.0 Å². The van der Waals surface area contributed by atoms with Crippen LogP contribution in [0.5, 0.6) is 0 Å². The summed E-state index contributed by atoms with van der Waals surface area (Å²) in [6, 6.07) is 8.40. The molecule has 0 atom stereocenters. The summed E-state index contributed by atoms with van der Waals surface area (Å²) >= 11 is 0. The first-order chi connectivity index (χ1) is 7.36. The summed E-state index contributed by atoms with van der Waals surface area (Å²) in [6.45, 7) is 4.23. The average Bonchev–Trinajstić information content (AvgIpc) is 2.30. The third-order valence-electron chi connectivity index (χ3n) is 3.20. The summed E-state index contributed by atoms with van der Waals surface area (Å²) in [5.41, 5.74) is 5.21. The highest BCUT2D eigenvalue weighted by Crippen LogP contribution is 2.24. The lowest BCUT2D eigenvalue weighted by atomic mass is 9.98. The topological polar surface area (TPSA) is 24.9 Å². The normalized spacial score (nSPS) is 14.3. The molecule has 2 aromatic rings. The Balaban J connectivity index is 0.000000963. The van der Waals surface area contributed by atoms with Gasteiger partial charge in [0.05, 0.1) is 5.52 Å². The van der Waals surface area contributed by atoms with Crippen molar-refractivity contribution in [3.05, 3.63) is 41.1 Å². The molecule has 2 nitrogen and oxygen atoms in total. The summed E-state index contributed by atoms with van der Waals surface area (Å²) < 4.78 is 0. The van der Waals surface area contributed by atoms with Gasteiger partial charge in [0.1, 0.15) is 0 Å². The van der Waals surface area contributed by atoms with Crippen LogP contribution < -0.4 is 5.32 Å². The van der Waals surface area contributed by atoms with Crippen molar-refractivity contribution in [1.29, 1.82) is 0 Å². The van der Waals surface area contributed by atoms with Crippen molar-refractivity contribution < 1.29 is 0 Å². The van der Waals surface area contributed by atoms with E-state index in [0.29, 0.717) is 0 Å². The molecule has 0 saturated carbocycles. The van der Waals surface area contributed by atoms with Crippen LogP contribution in [0.4, 0.5) is 0 Å². The highest BCUT2D eigenvalue weighted by atomic mass is 35.5. The zero-order valence-corrected chi connectivity index (χ0v) is 10.1. The highest BCUT2D eigenvalue weighted by Gasteiger charge is 2.14. The van der Waals surface area contributed by atoms with Gasteiger partial charge in [-0.3, -0.25) is 4.98 Å². The molecule has 0 spiro atoms. The van der Waals surface area contributed by atoms with E-state index in [4.69, 9.17) is 4.98 Å². The highest BCUT2D eigenvalue weighted by molar-refractivity contribution is 5.85. The van der Waals surface area contributed by atoms with E-state index in [1.54, 1.807) is 0 Å². The number of aromatic nitrogens is 1. The molecule has 3 rings (SSSR count). The second-order valence-electron chi connectivity index (χ2n) is 4.11. The Labute approximate surface area is 101 Å². The number of hydrogen-bond donors (Lipinski definition) is 1. The van der Waals surface area contributed by atoms with Crippen LogP contribution in [0.1, 0.15) is 16.8 Å². The van der Waals surface area contributed by atoms with E-state index in [1.165, 1.54) is 22.2 Å². The Morgan fingerprint density at radius 1 is 1.25 bits per heavy atom. The maximum atomic E-state index is 4.74. The summed E-state index contributed by atoms with van der Waals surface area (Å²) in [5, 5.41) is 4.70. The van der Waals surface area contributed by atoms with Crippen LogP contribution in [-0.2, 0) is 13.0 Å². The molecule has 0 amide bonds. The average molecular weight is 235 g/mol. The number of hydrogen-bond acceptors (Lipinski definition) is 2. The Morgan fingerprint density at radius 3 is 2.94 bits per heavy atom. The molecule has 1 aromatic carbocycles. The van der Waals surface area contributed by atoms with Gasteiger partial charge in [-0.15, -0.1) is 12.4 Å². The van der Waals surface area contributed by atoms with Crippen LogP contribution in [0.15, 0.2) is 24.3 Å². The molecule has 0 saturated heterocycles. The van der Waals surface area contributed by atoms with Crippen LogP contribution in [0.2, 0.25) is 0 Å². The molecular weight excluding hydrogens is 220 g/mol. The molecule has 2 heterocycles. The largest absolute Gasteiger partial charge is 0.312 e. The monoisotopic (exact) mass is 234 g/mol. The Hall–Kier alpha value is -1.12. The molecule has 0 aliphatic carbocycles. The molecule has 1 aliphatic rings. The molecule has 3 heteroatoms. The second kappa shape index (κ2) is 4.40. The summed E-state index contributed by atoms with van der Waals surface area (Å²) in [7, 11) is 0. The maximum Gasteiger partial charge on any atom is 0.0708 e. The summed E-state index contributed by atoms with van der Waals surface area (Å²) in [6.07, 6.45) is 1.06. The van der Waals surface area contributed by atoms with Crippen LogP contribution in [0.25, 0.3) is 10.9 Å². The van der Waals surface area contributed by atoms with Crippen molar-refractivity contribution in [2.45, 2.75) is 19.9 Å². The Bertz CT molecular complexity index is 523. The van der Waals surface area contributed by atoms with E-state index >= 15 is 0 Å². The van der Waals surface area contributed by atoms with Gasteiger partial charge in [0, 0.05) is 30.6 Å². The first-order valence-corrected chi connectivity index (χ1v) is 5.44. The fourth-order valence-electron chi connectivity index (χ4n) is 2.34. The van der Waals surface area contributed by atoms with Crippen LogP contribution in [-0.4, -0.2) is 11.5 Å². The van der Waals surface area contributed by atoms with Crippen LogP contribution in [0.3, 0.4) is 0 Å². The fourth-order valence-corrected chi connectivity index (χ4v) is 2.34. The molecule has 1 N–H and O–H groups in total. The van der Waals surface area contributed by atoms with Crippen molar-refractivity contribution in [3.63, 3.8) is 0 Å². The lowest BCUT2D eigenvalue weighted by Crippen LogP contribution is -2.25. The number of rotatable bonds is 0. The van der Waals surface area contributed by atoms with Crippen LogP contribution >= 0.6 is 12.4 Å². The maximum absolute atomic E-state index is 4.74.